The summed E-state index contributed by atoms with van der Waals surface area (Å²) < 4.78 is 5.99. The second kappa shape index (κ2) is 9.77. The first-order valence-corrected chi connectivity index (χ1v) is 11.4. The Bertz CT molecular complexity index is 784. The quantitative estimate of drug-likeness (QED) is 0.685. The lowest BCUT2D eigenvalue weighted by Crippen LogP contribution is -2.46. The standard InChI is InChI=1S/C26H35NO2/c1-20(27-16-15-23-10-4-5-11-24(23)18-27)26(28)19-29-25-12-6-9-22(17-25)14-13-21-7-2-3-8-21/h4-6,9-12,17,20-21,26,28H,2-3,7-8,13-16,18-19H2,1H3. The highest BCUT2D eigenvalue weighted by atomic mass is 16.5. The third-order valence-electron chi connectivity index (χ3n) is 6.93. The number of nitrogens with zero attached hydrogens (tertiary/aromatic N) is 1. The van der Waals surface area contributed by atoms with Gasteiger partial charge in [0.15, 0.2) is 0 Å². The Morgan fingerprint density at radius 3 is 2.69 bits per heavy atom. The number of aliphatic hydroxyl groups excluding tert-OH is 1. The lowest BCUT2D eigenvalue weighted by molar-refractivity contribution is 0.0199. The van der Waals surface area contributed by atoms with Gasteiger partial charge in [0.1, 0.15) is 18.5 Å². The van der Waals surface area contributed by atoms with Crippen LogP contribution in [0.1, 0.15) is 55.7 Å². The summed E-state index contributed by atoms with van der Waals surface area (Å²) in [4.78, 5) is 2.37. The predicted octanol–water partition coefficient (Wildman–Crippen LogP) is 5.00. The minimum atomic E-state index is -0.498. The van der Waals surface area contributed by atoms with Crippen molar-refractivity contribution in [3.63, 3.8) is 0 Å². The Kier molecular flexibility index (Phi) is 6.89. The zero-order valence-electron chi connectivity index (χ0n) is 17.7. The summed E-state index contributed by atoms with van der Waals surface area (Å²) in [6.07, 6.45) is 8.61. The van der Waals surface area contributed by atoms with Gasteiger partial charge < -0.3 is 9.84 Å². The Hall–Kier alpha value is -1.84. The van der Waals surface area contributed by atoms with Gasteiger partial charge in [-0.15, -0.1) is 0 Å². The van der Waals surface area contributed by atoms with Crippen molar-refractivity contribution in [1.29, 1.82) is 0 Å². The highest BCUT2D eigenvalue weighted by Crippen LogP contribution is 2.29. The summed E-state index contributed by atoms with van der Waals surface area (Å²) in [5, 5.41) is 10.7. The maximum atomic E-state index is 10.7. The van der Waals surface area contributed by atoms with E-state index in [1.807, 2.05) is 6.07 Å². The number of aliphatic hydroxyl groups is 1. The van der Waals surface area contributed by atoms with Gasteiger partial charge in [-0.3, -0.25) is 4.90 Å². The van der Waals surface area contributed by atoms with Crippen LogP contribution in [0, 0.1) is 5.92 Å². The van der Waals surface area contributed by atoms with Gasteiger partial charge in [-0.1, -0.05) is 62.1 Å². The molecule has 1 heterocycles. The fraction of sp³-hybridized carbons (Fsp3) is 0.538. The molecule has 0 radical (unpaired) electrons. The van der Waals surface area contributed by atoms with E-state index in [4.69, 9.17) is 4.74 Å². The molecule has 2 atom stereocenters. The molecule has 3 nitrogen and oxygen atoms in total. The minimum absolute atomic E-state index is 0.0777. The maximum Gasteiger partial charge on any atom is 0.119 e. The molecule has 156 valence electrons. The number of ether oxygens (including phenoxy) is 1. The number of benzene rings is 2. The molecule has 0 amide bonds. The average Bonchev–Trinajstić information content (AvgIpc) is 3.29. The van der Waals surface area contributed by atoms with Crippen molar-refractivity contribution in [2.75, 3.05) is 13.2 Å². The molecule has 1 aliphatic heterocycles. The molecular weight excluding hydrogens is 358 g/mol. The zero-order valence-corrected chi connectivity index (χ0v) is 17.7. The Morgan fingerprint density at radius 1 is 1.07 bits per heavy atom. The number of rotatable bonds is 8. The van der Waals surface area contributed by atoms with E-state index in [0.29, 0.717) is 6.61 Å². The van der Waals surface area contributed by atoms with Crippen molar-refractivity contribution >= 4 is 0 Å². The highest BCUT2D eigenvalue weighted by Gasteiger charge is 2.25. The van der Waals surface area contributed by atoms with Crippen molar-refractivity contribution in [2.24, 2.45) is 5.92 Å². The van der Waals surface area contributed by atoms with Crippen LogP contribution in [0.25, 0.3) is 0 Å². The third-order valence-corrected chi connectivity index (χ3v) is 6.93. The third kappa shape index (κ3) is 5.40. The molecule has 0 bridgehead atoms. The first kappa shape index (κ1) is 20.4. The topological polar surface area (TPSA) is 32.7 Å². The Balaban J connectivity index is 1.26. The normalized spacial score (nSPS) is 19.7. The van der Waals surface area contributed by atoms with Crippen LogP contribution >= 0.6 is 0 Å². The molecule has 1 saturated carbocycles. The van der Waals surface area contributed by atoms with Gasteiger partial charge in [0.25, 0.3) is 0 Å². The number of aryl methyl sites for hydroxylation is 1. The molecule has 3 heteroatoms. The van der Waals surface area contributed by atoms with E-state index in [1.54, 1.807) is 0 Å². The van der Waals surface area contributed by atoms with Gasteiger partial charge in [-0.05, 0) is 60.9 Å². The van der Waals surface area contributed by atoms with Crippen LogP contribution in [0.5, 0.6) is 5.75 Å². The molecule has 29 heavy (non-hydrogen) atoms. The van der Waals surface area contributed by atoms with Crippen LogP contribution in [0.15, 0.2) is 48.5 Å². The zero-order chi connectivity index (χ0) is 20.1. The van der Waals surface area contributed by atoms with E-state index in [0.717, 1.165) is 37.6 Å². The largest absolute Gasteiger partial charge is 0.491 e. The monoisotopic (exact) mass is 393 g/mol. The Labute approximate surface area is 175 Å². The lowest BCUT2D eigenvalue weighted by atomic mass is 9.98. The summed E-state index contributed by atoms with van der Waals surface area (Å²) in [5.41, 5.74) is 4.18. The maximum absolute atomic E-state index is 10.7. The molecule has 1 N–H and O–H groups in total. The number of hydrogen-bond donors (Lipinski definition) is 1. The highest BCUT2D eigenvalue weighted by molar-refractivity contribution is 5.30. The predicted molar refractivity (Wildman–Crippen MR) is 118 cm³/mol. The fourth-order valence-electron chi connectivity index (χ4n) is 4.89. The van der Waals surface area contributed by atoms with Crippen LogP contribution in [-0.4, -0.2) is 35.3 Å². The van der Waals surface area contributed by atoms with Gasteiger partial charge in [0.05, 0.1) is 0 Å². The van der Waals surface area contributed by atoms with E-state index < -0.39 is 6.10 Å². The van der Waals surface area contributed by atoms with Crippen LogP contribution < -0.4 is 4.74 Å². The van der Waals surface area contributed by atoms with Crippen LogP contribution in [0.3, 0.4) is 0 Å². The molecule has 0 spiro atoms. The van der Waals surface area contributed by atoms with Gasteiger partial charge in [-0.2, -0.15) is 0 Å². The molecule has 2 aromatic rings. The molecular formula is C26H35NO2. The second-order valence-corrected chi connectivity index (χ2v) is 8.94. The fourth-order valence-corrected chi connectivity index (χ4v) is 4.89. The van der Waals surface area contributed by atoms with Crippen molar-refractivity contribution < 1.29 is 9.84 Å². The van der Waals surface area contributed by atoms with Gasteiger partial charge in [0.2, 0.25) is 0 Å². The molecule has 1 aliphatic carbocycles. The van der Waals surface area contributed by atoms with Crippen molar-refractivity contribution in [3.8, 4) is 5.75 Å². The van der Waals surface area contributed by atoms with Crippen LogP contribution in [0.4, 0.5) is 0 Å². The van der Waals surface area contributed by atoms with Crippen molar-refractivity contribution in [3.05, 3.63) is 65.2 Å². The Morgan fingerprint density at radius 2 is 1.86 bits per heavy atom. The van der Waals surface area contributed by atoms with E-state index >= 15 is 0 Å². The second-order valence-electron chi connectivity index (χ2n) is 8.94. The molecule has 0 saturated heterocycles. The van der Waals surface area contributed by atoms with E-state index in [-0.39, 0.29) is 6.04 Å². The summed E-state index contributed by atoms with van der Waals surface area (Å²) in [5.74, 6) is 1.79. The van der Waals surface area contributed by atoms with Gasteiger partial charge in [-0.25, -0.2) is 0 Å². The summed E-state index contributed by atoms with van der Waals surface area (Å²) in [6.45, 7) is 4.35. The van der Waals surface area contributed by atoms with Crippen molar-refractivity contribution in [2.45, 2.75) is 70.6 Å². The van der Waals surface area contributed by atoms with Crippen LogP contribution in [-0.2, 0) is 19.4 Å². The molecule has 2 aliphatic rings. The van der Waals surface area contributed by atoms with E-state index in [2.05, 4.69) is 54.3 Å². The summed E-state index contributed by atoms with van der Waals surface area (Å²) in [6, 6.07) is 17.2. The van der Waals surface area contributed by atoms with E-state index in [9.17, 15) is 5.11 Å². The van der Waals surface area contributed by atoms with Crippen LogP contribution in [0.2, 0.25) is 0 Å². The van der Waals surface area contributed by atoms with Gasteiger partial charge >= 0.3 is 0 Å². The molecule has 2 aromatic carbocycles. The number of fused-ring (bicyclic) bond motifs is 1. The minimum Gasteiger partial charge on any atom is -0.491 e. The molecule has 0 aromatic heterocycles. The van der Waals surface area contributed by atoms with Gasteiger partial charge in [0, 0.05) is 19.1 Å². The van der Waals surface area contributed by atoms with E-state index in [1.165, 1.54) is 48.8 Å². The molecule has 2 unspecified atom stereocenters. The van der Waals surface area contributed by atoms with Crippen molar-refractivity contribution in [1.82, 2.24) is 4.90 Å². The smallest absolute Gasteiger partial charge is 0.119 e. The SMILES string of the molecule is CC(C(O)COc1cccc(CCC2CCCC2)c1)N1CCc2ccccc2C1. The average molecular weight is 394 g/mol. The number of hydrogen-bond acceptors (Lipinski definition) is 3. The first-order chi connectivity index (χ1) is 14.2. The summed E-state index contributed by atoms with van der Waals surface area (Å²) in [7, 11) is 0. The molecule has 1 fully saturated rings. The first-order valence-electron chi connectivity index (χ1n) is 11.4. The lowest BCUT2D eigenvalue weighted by Gasteiger charge is -2.36. The molecule has 4 rings (SSSR count). The summed E-state index contributed by atoms with van der Waals surface area (Å²) >= 11 is 0.